The molecule has 1 heterocycles. The van der Waals surface area contributed by atoms with E-state index in [1.807, 2.05) is 13.8 Å². The van der Waals surface area contributed by atoms with Crippen LogP contribution in [0.15, 0.2) is 40.1 Å². The molecular weight excluding hydrogens is 337 g/mol. The number of hydrogen-bond acceptors (Lipinski definition) is 5. The van der Waals surface area contributed by atoms with Gasteiger partial charge >= 0.3 is 0 Å². The van der Waals surface area contributed by atoms with Crippen molar-refractivity contribution in [3.8, 4) is 11.5 Å². The summed E-state index contributed by atoms with van der Waals surface area (Å²) in [7, 11) is 0. The Morgan fingerprint density at radius 2 is 1.96 bits per heavy atom. The summed E-state index contributed by atoms with van der Waals surface area (Å²) in [4.78, 5) is 16.5. The molecule has 0 aliphatic carbocycles. The zero-order chi connectivity index (χ0) is 19.2. The quantitative estimate of drug-likeness (QED) is 0.304. The second kappa shape index (κ2) is 8.60. The van der Waals surface area contributed by atoms with E-state index in [1.165, 1.54) is 12.1 Å². The second-order valence-electron chi connectivity index (χ2n) is 6.91. The molecule has 0 radical (unpaired) electrons. The predicted octanol–water partition coefficient (Wildman–Crippen LogP) is 4.02. The summed E-state index contributed by atoms with van der Waals surface area (Å²) >= 11 is 0. The molecule has 0 atom stereocenters. The van der Waals surface area contributed by atoms with E-state index in [4.69, 9.17) is 15.4 Å². The molecule has 1 aromatic carbocycles. The number of Topliss-reactive ketones (excluding diaryl/α,β-unsaturated/α-hetero) is 1. The summed E-state index contributed by atoms with van der Waals surface area (Å²) in [5.41, 5.74) is 6.51. The monoisotopic (exact) mass is 361 g/mol. The lowest BCUT2D eigenvalue weighted by molar-refractivity contribution is -0.119. The van der Waals surface area contributed by atoms with Crippen LogP contribution < -0.4 is 5.73 Å². The molecule has 3 N–H and O–H groups in total. The van der Waals surface area contributed by atoms with Gasteiger partial charge < -0.3 is 15.4 Å². The highest BCUT2D eigenvalue weighted by atomic mass is 19.1. The molecule has 26 heavy (non-hydrogen) atoms. The van der Waals surface area contributed by atoms with E-state index in [1.54, 1.807) is 18.4 Å². The molecule has 0 bridgehead atoms. The number of hydrogen-bond donors (Lipinski definition) is 2. The molecule has 0 saturated carbocycles. The molecule has 7 heteroatoms. The third-order valence-corrected chi connectivity index (χ3v) is 4.33. The van der Waals surface area contributed by atoms with Gasteiger partial charge in [-0.3, -0.25) is 4.79 Å². The predicted molar refractivity (Wildman–Crippen MR) is 96.4 cm³/mol. The van der Waals surface area contributed by atoms with Crippen molar-refractivity contribution in [2.45, 2.75) is 51.4 Å². The zero-order valence-corrected chi connectivity index (χ0v) is 15.0. The smallest absolute Gasteiger partial charge is 0.226 e. The van der Waals surface area contributed by atoms with Crippen molar-refractivity contribution in [1.82, 2.24) is 4.98 Å². The summed E-state index contributed by atoms with van der Waals surface area (Å²) in [6.07, 6.45) is 3.99. The average Bonchev–Trinajstić information content (AvgIpc) is 3.11. The van der Waals surface area contributed by atoms with Gasteiger partial charge in [-0.2, -0.15) is 0 Å². The lowest BCUT2D eigenvalue weighted by Crippen LogP contribution is -2.19. The van der Waals surface area contributed by atoms with Gasteiger partial charge in [-0.15, -0.1) is 0 Å². The Hall–Kier alpha value is -2.70. The first-order valence-electron chi connectivity index (χ1n) is 8.52. The highest BCUT2D eigenvalue weighted by Gasteiger charge is 2.26. The standard InChI is InChI=1S/C19H24FN3O3/c1-19(2,11-10-15(24)4-3-5-17(21)23-25)16-12-26-18(22-16)13-6-8-14(20)9-7-13/h6-9,12,25H,3-5,10-11H2,1-2H3,(H2,21,23). The van der Waals surface area contributed by atoms with E-state index >= 15 is 0 Å². The van der Waals surface area contributed by atoms with Crippen molar-refractivity contribution in [1.29, 1.82) is 0 Å². The van der Waals surface area contributed by atoms with Crippen molar-refractivity contribution < 1.29 is 18.8 Å². The van der Waals surface area contributed by atoms with Crippen LogP contribution in [0.2, 0.25) is 0 Å². The number of carbonyl (C=O) groups excluding carboxylic acids is 1. The van der Waals surface area contributed by atoms with Gasteiger partial charge in [0.25, 0.3) is 0 Å². The molecule has 1 aromatic heterocycles. The van der Waals surface area contributed by atoms with E-state index in [9.17, 15) is 9.18 Å². The van der Waals surface area contributed by atoms with Gasteiger partial charge in [0.05, 0.1) is 5.69 Å². The summed E-state index contributed by atoms with van der Waals surface area (Å²) in [6, 6.07) is 5.94. The molecule has 0 aliphatic heterocycles. The first-order valence-corrected chi connectivity index (χ1v) is 8.52. The minimum absolute atomic E-state index is 0.131. The number of carbonyl (C=O) groups is 1. The molecule has 2 rings (SSSR count). The highest BCUT2D eigenvalue weighted by molar-refractivity contribution is 5.81. The molecular formula is C19H24FN3O3. The molecule has 0 aliphatic rings. The maximum Gasteiger partial charge on any atom is 0.226 e. The first kappa shape index (κ1) is 19.6. The number of oxazole rings is 1. The van der Waals surface area contributed by atoms with E-state index < -0.39 is 0 Å². The SMILES string of the molecule is CC(C)(CCC(=O)CCC/C(N)=N/O)c1coc(-c2ccc(F)cc2)n1. The summed E-state index contributed by atoms with van der Waals surface area (Å²) in [5.74, 6) is 0.379. The molecule has 0 amide bonds. The van der Waals surface area contributed by atoms with Gasteiger partial charge in [0.1, 0.15) is 23.7 Å². The normalized spacial score (nSPS) is 12.3. The average molecular weight is 361 g/mol. The Balaban J connectivity index is 1.91. The zero-order valence-electron chi connectivity index (χ0n) is 15.0. The van der Waals surface area contributed by atoms with Crippen LogP contribution in [0.3, 0.4) is 0 Å². The van der Waals surface area contributed by atoms with Crippen molar-refractivity contribution in [3.63, 3.8) is 0 Å². The van der Waals surface area contributed by atoms with Gasteiger partial charge in [-0.25, -0.2) is 9.37 Å². The maximum absolute atomic E-state index is 13.0. The van der Waals surface area contributed by atoms with Crippen LogP contribution in [0.4, 0.5) is 4.39 Å². The van der Waals surface area contributed by atoms with Crippen molar-refractivity contribution in [2.75, 3.05) is 0 Å². The van der Waals surface area contributed by atoms with Crippen LogP contribution in [0.5, 0.6) is 0 Å². The fourth-order valence-electron chi connectivity index (χ4n) is 2.53. The van der Waals surface area contributed by atoms with Gasteiger partial charge in [0.15, 0.2) is 0 Å². The third-order valence-electron chi connectivity index (χ3n) is 4.33. The molecule has 0 spiro atoms. The van der Waals surface area contributed by atoms with Crippen LogP contribution in [0.25, 0.3) is 11.5 Å². The second-order valence-corrected chi connectivity index (χ2v) is 6.91. The fourth-order valence-corrected chi connectivity index (χ4v) is 2.53. The first-order chi connectivity index (χ1) is 12.3. The number of halogens is 1. The Labute approximate surface area is 151 Å². The van der Waals surface area contributed by atoms with E-state index in [-0.39, 0.29) is 22.9 Å². The third kappa shape index (κ3) is 5.40. The number of amidine groups is 1. The summed E-state index contributed by atoms with van der Waals surface area (Å²) in [6.45, 7) is 4.01. The topological polar surface area (TPSA) is 102 Å². The molecule has 0 unspecified atom stereocenters. The highest BCUT2D eigenvalue weighted by Crippen LogP contribution is 2.30. The largest absolute Gasteiger partial charge is 0.444 e. The fraction of sp³-hybridized carbons (Fsp3) is 0.421. The van der Waals surface area contributed by atoms with E-state index in [0.29, 0.717) is 43.6 Å². The van der Waals surface area contributed by atoms with Crippen LogP contribution >= 0.6 is 0 Å². The number of nitrogens with zero attached hydrogens (tertiary/aromatic N) is 2. The Kier molecular flexibility index (Phi) is 6.49. The van der Waals surface area contributed by atoms with Crippen LogP contribution in [0, 0.1) is 5.82 Å². The van der Waals surface area contributed by atoms with Crippen molar-refractivity contribution in [2.24, 2.45) is 10.9 Å². The lowest BCUT2D eigenvalue weighted by atomic mass is 9.84. The minimum atomic E-state index is -0.330. The molecule has 6 nitrogen and oxygen atoms in total. The number of ketones is 1. The molecule has 2 aromatic rings. The van der Waals surface area contributed by atoms with Crippen molar-refractivity contribution in [3.05, 3.63) is 42.0 Å². The van der Waals surface area contributed by atoms with E-state index in [0.717, 1.165) is 5.69 Å². The van der Waals surface area contributed by atoms with Gasteiger partial charge in [0.2, 0.25) is 5.89 Å². The number of nitrogens with two attached hydrogens (primary N) is 1. The van der Waals surface area contributed by atoms with Crippen LogP contribution in [-0.4, -0.2) is 21.8 Å². The summed E-state index contributed by atoms with van der Waals surface area (Å²) < 4.78 is 18.5. The Bertz CT molecular complexity index is 767. The summed E-state index contributed by atoms with van der Waals surface area (Å²) in [5, 5.41) is 11.4. The van der Waals surface area contributed by atoms with E-state index in [2.05, 4.69) is 10.1 Å². The number of aromatic nitrogens is 1. The van der Waals surface area contributed by atoms with Crippen molar-refractivity contribution >= 4 is 11.6 Å². The Morgan fingerprint density at radius 1 is 1.27 bits per heavy atom. The number of benzene rings is 1. The lowest BCUT2D eigenvalue weighted by Gasteiger charge is -2.21. The molecule has 140 valence electrons. The molecule has 0 fully saturated rings. The van der Waals surface area contributed by atoms with Gasteiger partial charge in [-0.1, -0.05) is 19.0 Å². The van der Waals surface area contributed by atoms with Gasteiger partial charge in [0, 0.05) is 30.2 Å². The van der Waals surface area contributed by atoms with Crippen LogP contribution in [0.1, 0.15) is 51.6 Å². The maximum atomic E-state index is 13.0. The number of rotatable bonds is 9. The van der Waals surface area contributed by atoms with Crippen LogP contribution in [-0.2, 0) is 10.2 Å². The molecule has 0 saturated heterocycles. The Morgan fingerprint density at radius 3 is 2.62 bits per heavy atom. The van der Waals surface area contributed by atoms with Gasteiger partial charge in [-0.05, 0) is 37.1 Å². The number of oxime groups is 1. The minimum Gasteiger partial charge on any atom is -0.444 e.